The van der Waals surface area contributed by atoms with E-state index in [9.17, 15) is 29.1 Å². The fraction of sp³-hybridized carbons (Fsp3) is 0.750. The van der Waals surface area contributed by atoms with Crippen molar-refractivity contribution in [3.8, 4) is 0 Å². The third kappa shape index (κ3) is 4.49. The van der Waals surface area contributed by atoms with Crippen molar-refractivity contribution in [2.75, 3.05) is 0 Å². The SMILES string of the molecule is CC(=O)O[C@H]1C[C@H](OC(C)=O)[C@]2(C)[C@@H](OC(C)=O)CC/C(C)=C\[C@@H]3OC(=O)[C@]4(C)O[C@]34[C@@H](OC(C)=O)[C@H]2[C@@]1(C)O. The number of hydrogen-bond donors (Lipinski definition) is 1. The van der Waals surface area contributed by atoms with E-state index in [1.165, 1.54) is 41.5 Å². The van der Waals surface area contributed by atoms with Crippen LogP contribution in [0, 0.1) is 11.3 Å². The molecule has 0 aromatic rings. The number of rotatable bonds is 4. The summed E-state index contributed by atoms with van der Waals surface area (Å²) in [5, 5.41) is 12.3. The quantitative estimate of drug-likeness (QED) is 0.227. The van der Waals surface area contributed by atoms with Crippen LogP contribution in [0.2, 0.25) is 0 Å². The number of aliphatic hydroxyl groups is 1. The second kappa shape index (κ2) is 9.83. The molecule has 4 aliphatic rings. The summed E-state index contributed by atoms with van der Waals surface area (Å²) in [6, 6.07) is 0. The molecule has 10 atom stereocenters. The molecule has 12 heteroatoms. The minimum Gasteiger partial charge on any atom is -0.462 e. The fourth-order valence-electron chi connectivity index (χ4n) is 7.29. The van der Waals surface area contributed by atoms with E-state index in [4.69, 9.17) is 28.4 Å². The highest BCUT2D eigenvalue weighted by molar-refractivity contribution is 5.89. The van der Waals surface area contributed by atoms with Gasteiger partial charge in [-0.05, 0) is 39.7 Å². The van der Waals surface area contributed by atoms with Crippen LogP contribution in [0.15, 0.2) is 11.6 Å². The Balaban J connectivity index is 2.06. The zero-order chi connectivity index (χ0) is 30.0. The Morgan fingerprint density at radius 3 is 1.93 bits per heavy atom. The van der Waals surface area contributed by atoms with E-state index in [2.05, 4.69) is 0 Å². The minimum atomic E-state index is -1.97. The highest BCUT2D eigenvalue weighted by Gasteiger charge is 2.88. The van der Waals surface area contributed by atoms with Gasteiger partial charge in [0.1, 0.15) is 30.0 Å². The van der Waals surface area contributed by atoms with E-state index in [0.29, 0.717) is 6.42 Å². The van der Waals surface area contributed by atoms with Crippen LogP contribution in [0.3, 0.4) is 0 Å². The molecule has 4 rings (SSSR count). The smallest absolute Gasteiger partial charge is 0.342 e. The zero-order valence-electron chi connectivity index (χ0n) is 24.1. The van der Waals surface area contributed by atoms with Crippen LogP contribution < -0.4 is 0 Å². The van der Waals surface area contributed by atoms with Gasteiger partial charge >= 0.3 is 29.8 Å². The van der Waals surface area contributed by atoms with Crippen LogP contribution in [0.5, 0.6) is 0 Å². The van der Waals surface area contributed by atoms with Crippen molar-refractivity contribution in [2.45, 2.75) is 122 Å². The third-order valence-electron chi connectivity index (χ3n) is 9.07. The van der Waals surface area contributed by atoms with E-state index in [-0.39, 0.29) is 12.8 Å². The second-order valence-corrected chi connectivity index (χ2v) is 11.9. The summed E-state index contributed by atoms with van der Waals surface area (Å²) in [5.41, 5.74) is -5.72. The molecule has 0 unspecified atom stereocenters. The number of carbonyl (C=O) groups is 5. The molecule has 1 spiro atoms. The number of epoxide rings is 1. The Morgan fingerprint density at radius 1 is 0.875 bits per heavy atom. The standard InChI is InChI=1S/C28H38O12/c1-13-9-10-18(35-14(2)29)25(6)19(36-15(3)30)12-20(37-16(4)31)26(7,34)22(25)23(38-17(5)32)28-21(11-13)39-24(33)27(28,8)40-28/h11,18-23,34H,9-10,12H2,1-8H3/b13-11-/t18-,19-,20-,21-,22+,23-,25-,26-,27-,28-/m0/s1. The summed E-state index contributed by atoms with van der Waals surface area (Å²) in [6.45, 7) is 11.2. The highest BCUT2D eigenvalue weighted by atomic mass is 16.7. The number of allylic oxidation sites excluding steroid dienone is 1. The monoisotopic (exact) mass is 566 g/mol. The topological polar surface area (TPSA) is 164 Å². The molecule has 12 nitrogen and oxygen atoms in total. The molecule has 2 heterocycles. The average molecular weight is 567 g/mol. The first kappa shape index (κ1) is 30.0. The zero-order valence-corrected chi connectivity index (χ0v) is 24.1. The Labute approximate surface area is 232 Å². The third-order valence-corrected chi connectivity index (χ3v) is 9.07. The van der Waals surface area contributed by atoms with Crippen molar-refractivity contribution in [3.05, 3.63) is 11.6 Å². The first-order chi connectivity index (χ1) is 18.4. The van der Waals surface area contributed by atoms with Gasteiger partial charge in [0.15, 0.2) is 17.3 Å². The Kier molecular flexibility index (Phi) is 7.37. The van der Waals surface area contributed by atoms with E-state index >= 15 is 0 Å². The van der Waals surface area contributed by atoms with Crippen molar-refractivity contribution in [1.29, 1.82) is 0 Å². The van der Waals surface area contributed by atoms with Crippen LogP contribution in [-0.2, 0) is 52.4 Å². The van der Waals surface area contributed by atoms with Crippen molar-refractivity contribution < 1.29 is 57.5 Å². The molecule has 1 N–H and O–H groups in total. The summed E-state index contributed by atoms with van der Waals surface area (Å²) in [6.07, 6.45) is -3.47. The molecule has 0 radical (unpaired) electrons. The number of carbonyl (C=O) groups excluding carboxylic acids is 5. The normalized spacial score (nSPS) is 45.2. The summed E-state index contributed by atoms with van der Waals surface area (Å²) in [5.74, 6) is -4.64. The van der Waals surface area contributed by atoms with Gasteiger partial charge in [-0.1, -0.05) is 12.5 Å². The van der Waals surface area contributed by atoms with Crippen molar-refractivity contribution in [3.63, 3.8) is 0 Å². The van der Waals surface area contributed by atoms with E-state index < -0.39 is 88.5 Å². The molecule has 3 fully saturated rings. The van der Waals surface area contributed by atoms with Gasteiger partial charge in [-0.3, -0.25) is 19.2 Å². The predicted molar refractivity (Wildman–Crippen MR) is 134 cm³/mol. The van der Waals surface area contributed by atoms with Crippen LogP contribution in [0.1, 0.15) is 74.7 Å². The summed E-state index contributed by atoms with van der Waals surface area (Å²) >= 11 is 0. The minimum absolute atomic E-state index is 0.136. The second-order valence-electron chi connectivity index (χ2n) is 11.9. The van der Waals surface area contributed by atoms with Gasteiger partial charge in [-0.15, -0.1) is 0 Å². The van der Waals surface area contributed by atoms with Gasteiger partial charge in [-0.25, -0.2) is 4.79 Å². The summed E-state index contributed by atoms with van der Waals surface area (Å²) in [7, 11) is 0. The highest BCUT2D eigenvalue weighted by Crippen LogP contribution is 2.66. The predicted octanol–water partition coefficient (Wildman–Crippen LogP) is 1.68. The molecule has 2 aliphatic heterocycles. The van der Waals surface area contributed by atoms with Gasteiger partial charge in [-0.2, -0.15) is 0 Å². The number of hydrogen-bond acceptors (Lipinski definition) is 12. The lowest BCUT2D eigenvalue weighted by Gasteiger charge is -2.59. The Hall–Kier alpha value is -2.99. The Morgan fingerprint density at radius 2 is 1.40 bits per heavy atom. The lowest BCUT2D eigenvalue weighted by Crippen LogP contribution is -2.72. The molecule has 0 bridgehead atoms. The molecule has 0 aromatic carbocycles. The molecule has 222 valence electrons. The first-order valence-corrected chi connectivity index (χ1v) is 13.4. The van der Waals surface area contributed by atoms with Crippen molar-refractivity contribution in [1.82, 2.24) is 0 Å². The molecular weight excluding hydrogens is 528 g/mol. The molecule has 2 saturated heterocycles. The first-order valence-electron chi connectivity index (χ1n) is 13.4. The van der Waals surface area contributed by atoms with Gasteiger partial charge in [0.2, 0.25) is 0 Å². The van der Waals surface area contributed by atoms with Crippen LogP contribution in [0.25, 0.3) is 0 Å². The largest absolute Gasteiger partial charge is 0.462 e. The van der Waals surface area contributed by atoms with E-state index in [1.807, 2.05) is 6.92 Å². The van der Waals surface area contributed by atoms with Crippen LogP contribution >= 0.6 is 0 Å². The van der Waals surface area contributed by atoms with Crippen molar-refractivity contribution >= 4 is 29.8 Å². The van der Waals surface area contributed by atoms with E-state index in [0.717, 1.165) is 5.57 Å². The number of ether oxygens (including phenoxy) is 6. The molecule has 0 aromatic heterocycles. The summed E-state index contributed by atoms with van der Waals surface area (Å²) < 4.78 is 35.0. The van der Waals surface area contributed by atoms with Gasteiger partial charge in [0.05, 0.1) is 5.41 Å². The van der Waals surface area contributed by atoms with E-state index in [1.54, 1.807) is 13.0 Å². The lowest BCUT2D eigenvalue weighted by atomic mass is 9.51. The molecule has 1 saturated carbocycles. The molecule has 2 aliphatic carbocycles. The fourth-order valence-corrected chi connectivity index (χ4v) is 7.29. The van der Waals surface area contributed by atoms with Crippen LogP contribution in [0.4, 0.5) is 0 Å². The number of fused-ring (bicyclic) bond motifs is 1. The maximum atomic E-state index is 13.1. The lowest BCUT2D eigenvalue weighted by molar-refractivity contribution is -0.276. The Bertz CT molecular complexity index is 1160. The van der Waals surface area contributed by atoms with Gasteiger partial charge < -0.3 is 33.5 Å². The van der Waals surface area contributed by atoms with Crippen LogP contribution in [-0.4, -0.2) is 82.3 Å². The molecular formula is C28H38O12. The maximum absolute atomic E-state index is 13.1. The van der Waals surface area contributed by atoms with Crippen molar-refractivity contribution in [2.24, 2.45) is 11.3 Å². The summed E-state index contributed by atoms with van der Waals surface area (Å²) in [4.78, 5) is 62.7. The maximum Gasteiger partial charge on any atom is 0.342 e. The van der Waals surface area contributed by atoms with Gasteiger partial charge in [0, 0.05) is 40.0 Å². The molecule has 0 amide bonds. The molecule has 40 heavy (non-hydrogen) atoms. The van der Waals surface area contributed by atoms with Gasteiger partial charge in [0.25, 0.3) is 0 Å². The average Bonchev–Trinajstić information content (AvgIpc) is 3.39. The number of esters is 5.